The predicted octanol–water partition coefficient (Wildman–Crippen LogP) is 3.69. The molecule has 1 saturated carbocycles. The molecule has 1 aliphatic carbocycles. The molecule has 94 valence electrons. The highest BCUT2D eigenvalue weighted by Gasteiger charge is 2.21. The van der Waals surface area contributed by atoms with Gasteiger partial charge in [-0.3, -0.25) is 4.90 Å². The molecule has 17 heavy (non-hydrogen) atoms. The summed E-state index contributed by atoms with van der Waals surface area (Å²) < 4.78 is 0. The fourth-order valence-electron chi connectivity index (χ4n) is 2.67. The maximum Gasteiger partial charge on any atom is 0.0638 e. The van der Waals surface area contributed by atoms with Gasteiger partial charge in [-0.05, 0) is 37.1 Å². The van der Waals surface area contributed by atoms with E-state index in [1.54, 1.807) is 0 Å². The molecule has 2 rings (SSSR count). The zero-order valence-electron chi connectivity index (χ0n) is 10.5. The van der Waals surface area contributed by atoms with Gasteiger partial charge in [0, 0.05) is 12.6 Å². The number of nitrogens with two attached hydrogens (primary N) is 1. The summed E-state index contributed by atoms with van der Waals surface area (Å²) in [6.45, 7) is 4.32. The Hall–Kier alpha value is -0.730. The van der Waals surface area contributed by atoms with Crippen LogP contribution in [0.1, 0.15) is 38.2 Å². The van der Waals surface area contributed by atoms with E-state index in [0.717, 1.165) is 19.1 Å². The molecule has 0 unspecified atom stereocenters. The van der Waals surface area contributed by atoms with Gasteiger partial charge in [0.05, 0.1) is 10.7 Å². The second kappa shape index (κ2) is 5.74. The van der Waals surface area contributed by atoms with Crippen LogP contribution in [0.3, 0.4) is 0 Å². The highest BCUT2D eigenvalue weighted by atomic mass is 35.5. The monoisotopic (exact) mass is 252 g/mol. The highest BCUT2D eigenvalue weighted by molar-refractivity contribution is 6.33. The molecule has 2 N–H and O–H groups in total. The molecule has 1 aromatic carbocycles. The van der Waals surface area contributed by atoms with Gasteiger partial charge in [0.15, 0.2) is 0 Å². The van der Waals surface area contributed by atoms with E-state index < -0.39 is 0 Å². The van der Waals surface area contributed by atoms with Crippen molar-refractivity contribution < 1.29 is 0 Å². The summed E-state index contributed by atoms with van der Waals surface area (Å²) in [5.74, 6) is 0. The minimum Gasteiger partial charge on any atom is -0.398 e. The molecule has 0 heterocycles. The van der Waals surface area contributed by atoms with Crippen LogP contribution >= 0.6 is 11.6 Å². The van der Waals surface area contributed by atoms with Crippen molar-refractivity contribution >= 4 is 17.3 Å². The van der Waals surface area contributed by atoms with Gasteiger partial charge in [-0.2, -0.15) is 0 Å². The molecule has 3 heteroatoms. The molecule has 0 saturated heterocycles. The van der Waals surface area contributed by atoms with Gasteiger partial charge in [-0.15, -0.1) is 0 Å². The minimum atomic E-state index is 0.666. The summed E-state index contributed by atoms with van der Waals surface area (Å²) in [6, 6.07) is 6.74. The molecule has 1 aliphatic rings. The Morgan fingerprint density at radius 3 is 2.65 bits per heavy atom. The molecular weight excluding hydrogens is 232 g/mol. The third-order valence-corrected chi connectivity index (χ3v) is 4.03. The number of nitrogen functional groups attached to an aromatic ring is 1. The topological polar surface area (TPSA) is 29.3 Å². The normalized spacial score (nSPS) is 16.9. The summed E-state index contributed by atoms with van der Waals surface area (Å²) in [5.41, 5.74) is 7.66. The first-order chi connectivity index (χ1) is 8.20. The predicted molar refractivity (Wildman–Crippen MR) is 74.2 cm³/mol. The third-order valence-electron chi connectivity index (χ3n) is 3.70. The quantitative estimate of drug-likeness (QED) is 0.829. The number of anilines is 1. The van der Waals surface area contributed by atoms with Crippen LogP contribution in [-0.4, -0.2) is 17.5 Å². The molecule has 1 aromatic rings. The lowest BCUT2D eigenvalue weighted by atomic mass is 10.1. The zero-order valence-corrected chi connectivity index (χ0v) is 11.2. The molecule has 0 aromatic heterocycles. The van der Waals surface area contributed by atoms with Crippen molar-refractivity contribution in [2.75, 3.05) is 12.3 Å². The van der Waals surface area contributed by atoms with Gasteiger partial charge in [-0.25, -0.2) is 0 Å². The fourth-order valence-corrected chi connectivity index (χ4v) is 2.88. The van der Waals surface area contributed by atoms with Gasteiger partial charge < -0.3 is 5.73 Å². The Morgan fingerprint density at radius 2 is 2.06 bits per heavy atom. The Bertz CT molecular complexity index is 372. The third kappa shape index (κ3) is 3.14. The van der Waals surface area contributed by atoms with E-state index in [9.17, 15) is 0 Å². The average molecular weight is 253 g/mol. The number of rotatable bonds is 4. The molecule has 0 amide bonds. The second-order valence-electron chi connectivity index (χ2n) is 4.86. The van der Waals surface area contributed by atoms with E-state index in [-0.39, 0.29) is 0 Å². The molecule has 0 bridgehead atoms. The second-order valence-corrected chi connectivity index (χ2v) is 5.26. The van der Waals surface area contributed by atoms with E-state index in [1.807, 2.05) is 12.1 Å². The number of benzene rings is 1. The lowest BCUT2D eigenvalue weighted by Gasteiger charge is -2.27. The fraction of sp³-hybridized carbons (Fsp3) is 0.571. The molecule has 0 radical (unpaired) electrons. The Morgan fingerprint density at radius 1 is 1.35 bits per heavy atom. The van der Waals surface area contributed by atoms with Crippen LogP contribution in [-0.2, 0) is 6.54 Å². The molecular formula is C14H21ClN2. The van der Waals surface area contributed by atoms with Crippen molar-refractivity contribution in [3.63, 3.8) is 0 Å². The van der Waals surface area contributed by atoms with Crippen molar-refractivity contribution in [3.05, 3.63) is 28.8 Å². The maximum atomic E-state index is 6.06. The highest BCUT2D eigenvalue weighted by Crippen LogP contribution is 2.26. The van der Waals surface area contributed by atoms with E-state index in [4.69, 9.17) is 17.3 Å². The van der Waals surface area contributed by atoms with Crippen LogP contribution in [0.15, 0.2) is 18.2 Å². The van der Waals surface area contributed by atoms with Crippen molar-refractivity contribution in [2.45, 2.75) is 45.2 Å². The molecule has 1 fully saturated rings. The SMILES string of the molecule is CCN(Cc1ccc(N)c(Cl)c1)C1CCCC1. The molecule has 0 spiro atoms. The van der Waals surface area contributed by atoms with Crippen LogP contribution < -0.4 is 5.73 Å². The van der Waals surface area contributed by atoms with Crippen molar-refractivity contribution in [1.82, 2.24) is 4.90 Å². The first-order valence-corrected chi connectivity index (χ1v) is 6.86. The number of nitrogens with zero attached hydrogens (tertiary/aromatic N) is 1. The number of hydrogen-bond donors (Lipinski definition) is 1. The van der Waals surface area contributed by atoms with Gasteiger partial charge in [0.25, 0.3) is 0 Å². The lowest BCUT2D eigenvalue weighted by molar-refractivity contribution is 0.200. The average Bonchev–Trinajstić information content (AvgIpc) is 2.84. The summed E-state index contributed by atoms with van der Waals surface area (Å²) in [5, 5.41) is 0.671. The summed E-state index contributed by atoms with van der Waals surface area (Å²) >= 11 is 6.06. The van der Waals surface area contributed by atoms with Gasteiger partial charge >= 0.3 is 0 Å². The zero-order chi connectivity index (χ0) is 12.3. The number of halogens is 1. The van der Waals surface area contributed by atoms with Crippen LogP contribution in [0, 0.1) is 0 Å². The Labute approximate surface area is 109 Å². The largest absolute Gasteiger partial charge is 0.398 e. The summed E-state index contributed by atoms with van der Waals surface area (Å²) in [4.78, 5) is 2.55. The number of hydrogen-bond acceptors (Lipinski definition) is 2. The Kier molecular flexibility index (Phi) is 4.30. The van der Waals surface area contributed by atoms with Gasteiger partial charge in [0.1, 0.15) is 0 Å². The van der Waals surface area contributed by atoms with E-state index >= 15 is 0 Å². The standard InChI is InChI=1S/C14H21ClN2/c1-2-17(12-5-3-4-6-12)10-11-7-8-14(16)13(15)9-11/h7-9,12H,2-6,10,16H2,1H3. The first-order valence-electron chi connectivity index (χ1n) is 6.48. The first kappa shape index (κ1) is 12.7. The molecule has 0 atom stereocenters. The van der Waals surface area contributed by atoms with E-state index in [2.05, 4.69) is 17.9 Å². The minimum absolute atomic E-state index is 0.666. The maximum absolute atomic E-state index is 6.06. The van der Waals surface area contributed by atoms with Crippen LogP contribution in [0.4, 0.5) is 5.69 Å². The van der Waals surface area contributed by atoms with E-state index in [0.29, 0.717) is 10.7 Å². The van der Waals surface area contributed by atoms with E-state index in [1.165, 1.54) is 31.2 Å². The van der Waals surface area contributed by atoms with Gasteiger partial charge in [-0.1, -0.05) is 37.4 Å². The van der Waals surface area contributed by atoms with Crippen LogP contribution in [0.25, 0.3) is 0 Å². The van der Waals surface area contributed by atoms with Crippen molar-refractivity contribution in [2.24, 2.45) is 0 Å². The van der Waals surface area contributed by atoms with Crippen LogP contribution in [0.2, 0.25) is 5.02 Å². The van der Waals surface area contributed by atoms with Crippen molar-refractivity contribution in [1.29, 1.82) is 0 Å². The summed E-state index contributed by atoms with van der Waals surface area (Å²) in [7, 11) is 0. The Balaban J connectivity index is 2.04. The molecule has 0 aliphatic heterocycles. The van der Waals surface area contributed by atoms with Gasteiger partial charge in [0.2, 0.25) is 0 Å². The lowest BCUT2D eigenvalue weighted by Crippen LogP contribution is -2.32. The van der Waals surface area contributed by atoms with Crippen LogP contribution in [0.5, 0.6) is 0 Å². The smallest absolute Gasteiger partial charge is 0.0638 e. The van der Waals surface area contributed by atoms with Crippen molar-refractivity contribution in [3.8, 4) is 0 Å². The summed E-state index contributed by atoms with van der Waals surface area (Å²) in [6.07, 6.45) is 5.44. The molecule has 2 nitrogen and oxygen atoms in total.